The Balaban J connectivity index is 2.61. The molecule has 0 heterocycles. The molecule has 4 heteroatoms. The fourth-order valence-electron chi connectivity index (χ4n) is 1.82. The summed E-state index contributed by atoms with van der Waals surface area (Å²) in [5.74, 6) is 0.0887. The van der Waals surface area contributed by atoms with Crippen molar-refractivity contribution in [2.45, 2.75) is 20.4 Å². The number of amides is 1. The quantitative estimate of drug-likeness (QED) is 0.852. The number of hydrogen-bond acceptors (Lipinski definition) is 3. The molecule has 4 nitrogen and oxygen atoms in total. The maximum absolute atomic E-state index is 11.2. The first-order chi connectivity index (χ1) is 8.90. The number of rotatable bonds is 6. The summed E-state index contributed by atoms with van der Waals surface area (Å²) in [4.78, 5) is 15.1. The maximum atomic E-state index is 11.2. The number of nitrogens with zero attached hydrogens (tertiary/aromatic N) is 2. The minimum Gasteiger partial charge on any atom is -0.384 e. The molecule has 1 aromatic carbocycles. The van der Waals surface area contributed by atoms with E-state index in [2.05, 4.69) is 49.4 Å². The number of likely N-dealkylation sites (N-methyl/N-ethyl adjacent to an activating group) is 1. The summed E-state index contributed by atoms with van der Waals surface area (Å²) in [5, 5.41) is 3.43. The van der Waals surface area contributed by atoms with Gasteiger partial charge in [0.25, 0.3) is 0 Å². The van der Waals surface area contributed by atoms with E-state index in [1.54, 1.807) is 11.8 Å². The SMILES string of the molecule is CC(=O)N(C)Cc1ccc(NCCN(C)C)c(C)c1. The smallest absolute Gasteiger partial charge is 0.219 e. The van der Waals surface area contributed by atoms with Gasteiger partial charge in [0.05, 0.1) is 0 Å². The summed E-state index contributed by atoms with van der Waals surface area (Å²) < 4.78 is 0. The summed E-state index contributed by atoms with van der Waals surface area (Å²) in [5.41, 5.74) is 3.54. The van der Waals surface area contributed by atoms with E-state index in [9.17, 15) is 4.79 Å². The van der Waals surface area contributed by atoms with Crippen molar-refractivity contribution in [3.05, 3.63) is 29.3 Å². The topological polar surface area (TPSA) is 35.6 Å². The number of benzene rings is 1. The van der Waals surface area contributed by atoms with Gasteiger partial charge < -0.3 is 15.1 Å². The van der Waals surface area contributed by atoms with E-state index >= 15 is 0 Å². The molecule has 0 aliphatic rings. The molecule has 1 N–H and O–H groups in total. The standard InChI is InChI=1S/C15H25N3O/c1-12-10-14(11-18(5)13(2)19)6-7-15(12)16-8-9-17(3)4/h6-7,10,16H,8-9,11H2,1-5H3. The van der Waals surface area contributed by atoms with Crippen LogP contribution in [0.1, 0.15) is 18.1 Å². The van der Waals surface area contributed by atoms with Crippen LogP contribution in [-0.2, 0) is 11.3 Å². The van der Waals surface area contributed by atoms with Gasteiger partial charge in [-0.25, -0.2) is 0 Å². The van der Waals surface area contributed by atoms with Gasteiger partial charge in [0.1, 0.15) is 0 Å². The monoisotopic (exact) mass is 263 g/mol. The van der Waals surface area contributed by atoms with E-state index in [1.807, 2.05) is 7.05 Å². The second kappa shape index (κ2) is 7.14. The van der Waals surface area contributed by atoms with Crippen LogP contribution in [0.15, 0.2) is 18.2 Å². The molecule has 0 fully saturated rings. The molecule has 1 aromatic rings. The molecule has 0 unspecified atom stereocenters. The van der Waals surface area contributed by atoms with Crippen LogP contribution in [0.5, 0.6) is 0 Å². The molecule has 0 saturated heterocycles. The van der Waals surface area contributed by atoms with Crippen LogP contribution in [0.4, 0.5) is 5.69 Å². The van der Waals surface area contributed by atoms with Crippen molar-refractivity contribution < 1.29 is 4.79 Å². The molecule has 0 aliphatic carbocycles. The Kier molecular flexibility index (Phi) is 5.83. The predicted molar refractivity (Wildman–Crippen MR) is 80.4 cm³/mol. The molecular formula is C15H25N3O. The molecule has 0 aromatic heterocycles. The maximum Gasteiger partial charge on any atom is 0.219 e. The van der Waals surface area contributed by atoms with Gasteiger partial charge in [0.15, 0.2) is 0 Å². The van der Waals surface area contributed by atoms with Crippen molar-refractivity contribution >= 4 is 11.6 Å². The Labute approximate surface area is 116 Å². The molecule has 0 saturated carbocycles. The van der Waals surface area contributed by atoms with Crippen molar-refractivity contribution in [2.75, 3.05) is 39.5 Å². The molecule has 0 radical (unpaired) electrons. The fraction of sp³-hybridized carbons (Fsp3) is 0.533. The second-order valence-corrected chi connectivity index (χ2v) is 5.25. The average Bonchev–Trinajstić information content (AvgIpc) is 2.31. The van der Waals surface area contributed by atoms with E-state index in [1.165, 1.54) is 5.56 Å². The van der Waals surface area contributed by atoms with Crippen LogP contribution in [0.25, 0.3) is 0 Å². The summed E-state index contributed by atoms with van der Waals surface area (Å²) in [7, 11) is 5.95. The molecular weight excluding hydrogens is 238 g/mol. The molecule has 1 amide bonds. The van der Waals surface area contributed by atoms with Gasteiger partial charge >= 0.3 is 0 Å². The van der Waals surface area contributed by atoms with Crippen LogP contribution >= 0.6 is 0 Å². The molecule has 0 atom stereocenters. The van der Waals surface area contributed by atoms with Crippen LogP contribution in [0.3, 0.4) is 0 Å². The van der Waals surface area contributed by atoms with Crippen molar-refractivity contribution in [3.63, 3.8) is 0 Å². The molecule has 106 valence electrons. The Morgan fingerprint density at radius 1 is 1.26 bits per heavy atom. The highest BCUT2D eigenvalue weighted by Gasteiger charge is 2.05. The van der Waals surface area contributed by atoms with Gasteiger partial charge in [-0.15, -0.1) is 0 Å². The van der Waals surface area contributed by atoms with Crippen molar-refractivity contribution in [1.82, 2.24) is 9.80 Å². The van der Waals surface area contributed by atoms with Gasteiger partial charge in [0, 0.05) is 39.3 Å². The zero-order chi connectivity index (χ0) is 14.4. The van der Waals surface area contributed by atoms with Crippen LogP contribution in [0, 0.1) is 6.92 Å². The lowest BCUT2D eigenvalue weighted by Gasteiger charge is -2.17. The zero-order valence-corrected chi connectivity index (χ0v) is 12.7. The largest absolute Gasteiger partial charge is 0.384 e. The lowest BCUT2D eigenvalue weighted by atomic mass is 10.1. The van der Waals surface area contributed by atoms with E-state index in [0.29, 0.717) is 6.54 Å². The highest BCUT2D eigenvalue weighted by atomic mass is 16.2. The fourth-order valence-corrected chi connectivity index (χ4v) is 1.82. The Morgan fingerprint density at radius 3 is 2.47 bits per heavy atom. The van der Waals surface area contributed by atoms with Crippen LogP contribution < -0.4 is 5.32 Å². The lowest BCUT2D eigenvalue weighted by molar-refractivity contribution is -0.128. The van der Waals surface area contributed by atoms with Gasteiger partial charge in [-0.2, -0.15) is 0 Å². The Morgan fingerprint density at radius 2 is 1.95 bits per heavy atom. The summed E-state index contributed by atoms with van der Waals surface area (Å²) >= 11 is 0. The highest BCUT2D eigenvalue weighted by Crippen LogP contribution is 2.17. The van der Waals surface area contributed by atoms with Crippen molar-refractivity contribution in [2.24, 2.45) is 0 Å². The minimum absolute atomic E-state index is 0.0887. The molecule has 19 heavy (non-hydrogen) atoms. The minimum atomic E-state index is 0.0887. The van der Waals surface area contributed by atoms with Crippen molar-refractivity contribution in [1.29, 1.82) is 0 Å². The molecule has 1 rings (SSSR count). The predicted octanol–water partition coefficient (Wildman–Crippen LogP) is 1.95. The van der Waals surface area contributed by atoms with E-state index < -0.39 is 0 Å². The number of hydrogen-bond donors (Lipinski definition) is 1. The second-order valence-electron chi connectivity index (χ2n) is 5.25. The van der Waals surface area contributed by atoms with E-state index in [4.69, 9.17) is 0 Å². The number of anilines is 1. The third-order valence-corrected chi connectivity index (χ3v) is 3.12. The van der Waals surface area contributed by atoms with Crippen LogP contribution in [-0.4, -0.2) is 49.9 Å². The Hall–Kier alpha value is -1.55. The van der Waals surface area contributed by atoms with Crippen molar-refractivity contribution in [3.8, 4) is 0 Å². The first kappa shape index (κ1) is 15.5. The lowest BCUT2D eigenvalue weighted by Crippen LogP contribution is -2.23. The number of carbonyl (C=O) groups is 1. The summed E-state index contributed by atoms with van der Waals surface area (Å²) in [6, 6.07) is 6.30. The number of aryl methyl sites for hydroxylation is 1. The first-order valence-electron chi connectivity index (χ1n) is 6.60. The third-order valence-electron chi connectivity index (χ3n) is 3.12. The summed E-state index contributed by atoms with van der Waals surface area (Å²) in [6.07, 6.45) is 0. The van der Waals surface area contributed by atoms with Gasteiger partial charge in [-0.3, -0.25) is 4.79 Å². The number of carbonyl (C=O) groups excluding carboxylic acids is 1. The van der Waals surface area contributed by atoms with Gasteiger partial charge in [0.2, 0.25) is 5.91 Å². The third kappa shape index (κ3) is 5.30. The zero-order valence-electron chi connectivity index (χ0n) is 12.7. The average molecular weight is 263 g/mol. The first-order valence-corrected chi connectivity index (χ1v) is 6.60. The number of nitrogens with one attached hydrogen (secondary N) is 1. The van der Waals surface area contributed by atoms with Crippen LogP contribution in [0.2, 0.25) is 0 Å². The highest BCUT2D eigenvalue weighted by molar-refractivity contribution is 5.72. The molecule has 0 spiro atoms. The van der Waals surface area contributed by atoms with Gasteiger partial charge in [-0.05, 0) is 38.2 Å². The molecule has 0 aliphatic heterocycles. The van der Waals surface area contributed by atoms with E-state index in [0.717, 1.165) is 24.3 Å². The van der Waals surface area contributed by atoms with Gasteiger partial charge in [-0.1, -0.05) is 12.1 Å². The summed E-state index contributed by atoms with van der Waals surface area (Å²) in [6.45, 7) is 6.28. The Bertz CT molecular complexity index is 429. The molecule has 0 bridgehead atoms. The normalized spacial score (nSPS) is 10.6. The van der Waals surface area contributed by atoms with E-state index in [-0.39, 0.29) is 5.91 Å².